The summed E-state index contributed by atoms with van der Waals surface area (Å²) in [5.41, 5.74) is 10.6. The van der Waals surface area contributed by atoms with Gasteiger partial charge in [0.15, 0.2) is 0 Å². The van der Waals surface area contributed by atoms with E-state index in [0.29, 0.717) is 0 Å². The van der Waals surface area contributed by atoms with Gasteiger partial charge in [0, 0.05) is 34.8 Å². The van der Waals surface area contributed by atoms with E-state index in [0.717, 1.165) is 17.0 Å². The van der Waals surface area contributed by atoms with E-state index in [9.17, 15) is 0 Å². The molecular formula is C24H24N3+. The van der Waals surface area contributed by atoms with Crippen LogP contribution in [0.5, 0.6) is 0 Å². The van der Waals surface area contributed by atoms with Crippen molar-refractivity contribution >= 4 is 10.9 Å². The number of aryl methyl sites for hydroxylation is 4. The Balaban J connectivity index is 1.86. The highest BCUT2D eigenvalue weighted by Gasteiger charge is 2.17. The van der Waals surface area contributed by atoms with E-state index < -0.39 is 0 Å². The Hall–Kier alpha value is -3.07. The molecule has 0 saturated carbocycles. The van der Waals surface area contributed by atoms with Crippen molar-refractivity contribution in [1.29, 1.82) is 0 Å². The van der Waals surface area contributed by atoms with Crippen molar-refractivity contribution < 1.29 is 4.57 Å². The zero-order valence-corrected chi connectivity index (χ0v) is 16.5. The summed E-state index contributed by atoms with van der Waals surface area (Å²) in [7, 11) is 2.14. The van der Waals surface area contributed by atoms with Crippen LogP contribution in [0.4, 0.5) is 0 Å². The number of benzene rings is 2. The van der Waals surface area contributed by atoms with Crippen molar-refractivity contribution in [3.8, 4) is 22.5 Å². The fourth-order valence-corrected chi connectivity index (χ4v) is 3.68. The second kappa shape index (κ2) is 6.58. The minimum Gasteiger partial charge on any atom is -0.258 e. The van der Waals surface area contributed by atoms with E-state index in [1.54, 1.807) is 0 Å². The normalized spacial score (nSPS) is 11.1. The standard InChI is InChI=1S/C24H24N3/c1-15-10-16(2)18(4)21(11-15)24-9-7-20-12-19(6-8-23(20)27(24)5)22-14-25-17(3)13-26-22/h6-14H,1-5H3/q+1. The van der Waals surface area contributed by atoms with Gasteiger partial charge in [0.1, 0.15) is 7.05 Å². The number of aromatic nitrogens is 3. The van der Waals surface area contributed by atoms with Crippen molar-refractivity contribution in [2.45, 2.75) is 27.7 Å². The number of hydrogen-bond donors (Lipinski definition) is 0. The maximum absolute atomic E-state index is 4.50. The van der Waals surface area contributed by atoms with Gasteiger partial charge in [-0.25, -0.2) is 0 Å². The third kappa shape index (κ3) is 3.10. The maximum atomic E-state index is 4.50. The fraction of sp³-hybridized carbons (Fsp3) is 0.208. The van der Waals surface area contributed by atoms with Crippen molar-refractivity contribution in [3.63, 3.8) is 0 Å². The van der Waals surface area contributed by atoms with Crippen LogP contribution in [0.1, 0.15) is 22.4 Å². The molecule has 0 aliphatic heterocycles. The molecule has 0 saturated heterocycles. The third-order valence-electron chi connectivity index (χ3n) is 5.34. The van der Waals surface area contributed by atoms with E-state index in [2.05, 4.69) is 84.8 Å². The molecule has 0 fully saturated rings. The molecule has 0 N–H and O–H groups in total. The fourth-order valence-electron chi connectivity index (χ4n) is 3.68. The minimum absolute atomic E-state index is 0.902. The van der Waals surface area contributed by atoms with E-state index >= 15 is 0 Å². The van der Waals surface area contributed by atoms with Gasteiger partial charge in [-0.2, -0.15) is 4.57 Å². The highest BCUT2D eigenvalue weighted by molar-refractivity contribution is 5.83. The molecule has 134 valence electrons. The van der Waals surface area contributed by atoms with Gasteiger partial charge in [0.2, 0.25) is 11.2 Å². The average molecular weight is 354 g/mol. The second-order valence-electron chi connectivity index (χ2n) is 7.35. The van der Waals surface area contributed by atoms with Crippen molar-refractivity contribution in [2.24, 2.45) is 7.05 Å². The quantitative estimate of drug-likeness (QED) is 0.473. The van der Waals surface area contributed by atoms with Gasteiger partial charge in [0.05, 0.1) is 17.6 Å². The summed E-state index contributed by atoms with van der Waals surface area (Å²) in [6.07, 6.45) is 3.65. The SMILES string of the molecule is Cc1cc(C)c(C)c(-c2ccc3cc(-c4cnc(C)cn4)ccc3[n+]2C)c1. The summed E-state index contributed by atoms with van der Waals surface area (Å²) < 4.78 is 2.28. The molecule has 0 unspecified atom stereocenters. The molecule has 0 atom stereocenters. The van der Waals surface area contributed by atoms with E-state index in [1.165, 1.54) is 38.9 Å². The minimum atomic E-state index is 0.902. The van der Waals surface area contributed by atoms with Crippen molar-refractivity contribution in [2.75, 3.05) is 0 Å². The summed E-state index contributed by atoms with van der Waals surface area (Å²) in [4.78, 5) is 8.87. The molecule has 27 heavy (non-hydrogen) atoms. The van der Waals surface area contributed by atoms with Gasteiger partial charge >= 0.3 is 0 Å². The van der Waals surface area contributed by atoms with Gasteiger partial charge in [-0.05, 0) is 63.1 Å². The first kappa shape index (κ1) is 17.3. The average Bonchev–Trinajstić information content (AvgIpc) is 2.65. The number of nitrogens with zero attached hydrogens (tertiary/aromatic N) is 3. The van der Waals surface area contributed by atoms with Gasteiger partial charge < -0.3 is 0 Å². The Kier molecular flexibility index (Phi) is 4.23. The van der Waals surface area contributed by atoms with Gasteiger partial charge in [0.25, 0.3) is 0 Å². The highest BCUT2D eigenvalue weighted by atomic mass is 14.9. The van der Waals surface area contributed by atoms with Crippen LogP contribution >= 0.6 is 0 Å². The number of pyridine rings is 1. The van der Waals surface area contributed by atoms with E-state index in [1.807, 2.05) is 19.3 Å². The summed E-state index contributed by atoms with van der Waals surface area (Å²) in [6, 6.07) is 15.4. The summed E-state index contributed by atoms with van der Waals surface area (Å²) in [5, 5.41) is 1.20. The second-order valence-corrected chi connectivity index (χ2v) is 7.35. The first-order valence-corrected chi connectivity index (χ1v) is 9.24. The predicted molar refractivity (Wildman–Crippen MR) is 111 cm³/mol. The Morgan fingerprint density at radius 1 is 0.815 bits per heavy atom. The molecule has 2 heterocycles. The highest BCUT2D eigenvalue weighted by Crippen LogP contribution is 2.27. The lowest BCUT2D eigenvalue weighted by Gasteiger charge is -2.11. The molecule has 0 radical (unpaired) electrons. The lowest BCUT2D eigenvalue weighted by Crippen LogP contribution is -2.32. The molecule has 3 heteroatoms. The molecule has 0 aliphatic carbocycles. The third-order valence-corrected chi connectivity index (χ3v) is 5.34. The van der Waals surface area contributed by atoms with Crippen LogP contribution in [0.2, 0.25) is 0 Å². The van der Waals surface area contributed by atoms with Crippen LogP contribution in [0.3, 0.4) is 0 Å². The zero-order valence-electron chi connectivity index (χ0n) is 16.5. The molecule has 2 aromatic heterocycles. The van der Waals surface area contributed by atoms with Crippen LogP contribution in [-0.4, -0.2) is 9.97 Å². The first-order chi connectivity index (χ1) is 12.9. The van der Waals surface area contributed by atoms with Crippen molar-refractivity contribution in [3.05, 3.63) is 77.2 Å². The number of rotatable bonds is 2. The Morgan fingerprint density at radius 2 is 1.63 bits per heavy atom. The summed E-state index contributed by atoms with van der Waals surface area (Å²) in [5.74, 6) is 0. The molecule has 3 nitrogen and oxygen atoms in total. The molecule has 0 aliphatic rings. The lowest BCUT2D eigenvalue weighted by atomic mass is 9.96. The molecule has 2 aromatic carbocycles. The van der Waals surface area contributed by atoms with Crippen LogP contribution in [0, 0.1) is 27.7 Å². The molecule has 0 bridgehead atoms. The monoisotopic (exact) mass is 354 g/mol. The zero-order chi connectivity index (χ0) is 19.1. The first-order valence-electron chi connectivity index (χ1n) is 9.24. The maximum Gasteiger partial charge on any atom is 0.213 e. The van der Waals surface area contributed by atoms with Gasteiger partial charge in [-0.15, -0.1) is 0 Å². The Morgan fingerprint density at radius 3 is 2.37 bits per heavy atom. The van der Waals surface area contributed by atoms with Crippen LogP contribution in [0.25, 0.3) is 33.4 Å². The van der Waals surface area contributed by atoms with Crippen LogP contribution in [0.15, 0.2) is 54.9 Å². The van der Waals surface area contributed by atoms with Gasteiger partial charge in [-0.1, -0.05) is 11.6 Å². The van der Waals surface area contributed by atoms with E-state index in [4.69, 9.17) is 0 Å². The summed E-state index contributed by atoms with van der Waals surface area (Å²) in [6.45, 7) is 8.49. The molecular weight excluding hydrogens is 330 g/mol. The number of hydrogen-bond acceptors (Lipinski definition) is 2. The molecule has 0 amide bonds. The Bertz CT molecular complexity index is 1160. The number of fused-ring (bicyclic) bond motifs is 1. The largest absolute Gasteiger partial charge is 0.258 e. The van der Waals surface area contributed by atoms with Crippen LogP contribution < -0.4 is 4.57 Å². The van der Waals surface area contributed by atoms with E-state index in [-0.39, 0.29) is 0 Å². The molecule has 4 rings (SSSR count). The Labute approximate surface area is 160 Å². The topological polar surface area (TPSA) is 29.7 Å². The van der Waals surface area contributed by atoms with Crippen LogP contribution in [-0.2, 0) is 7.05 Å². The molecule has 0 spiro atoms. The van der Waals surface area contributed by atoms with Crippen molar-refractivity contribution in [1.82, 2.24) is 9.97 Å². The predicted octanol–water partition coefficient (Wildman–Crippen LogP) is 5.02. The summed E-state index contributed by atoms with van der Waals surface area (Å²) >= 11 is 0. The van der Waals surface area contributed by atoms with Gasteiger partial charge in [-0.3, -0.25) is 9.97 Å². The smallest absolute Gasteiger partial charge is 0.213 e. The molecule has 4 aromatic rings. The lowest BCUT2D eigenvalue weighted by molar-refractivity contribution is -0.633.